The molecule has 0 aliphatic rings. The molecule has 3 aromatic rings. The predicted octanol–water partition coefficient (Wildman–Crippen LogP) is 2.90. The number of carbonyl (C=O) groups is 2. The Kier molecular flexibility index (Phi) is 9.22. The van der Waals surface area contributed by atoms with Crippen molar-refractivity contribution < 1.29 is 32.2 Å². The Hall–Kier alpha value is -4.38. The first-order valence-electron chi connectivity index (χ1n) is 11.1. The van der Waals surface area contributed by atoms with E-state index < -0.39 is 28.4 Å². The van der Waals surface area contributed by atoms with Crippen LogP contribution in [0, 0.1) is 6.92 Å². The monoisotopic (exact) mass is 525 g/mol. The quantitative estimate of drug-likeness (QED) is 0.232. The zero-order valence-electron chi connectivity index (χ0n) is 20.6. The summed E-state index contributed by atoms with van der Waals surface area (Å²) < 4.78 is 42.9. The number of hydrogen-bond acceptors (Lipinski definition) is 8. The summed E-state index contributed by atoms with van der Waals surface area (Å²) in [7, 11) is -1.33. The number of carbonyl (C=O) groups excluding carboxylic acids is 2. The number of esters is 1. The first-order valence-corrected chi connectivity index (χ1v) is 12.5. The van der Waals surface area contributed by atoms with Crippen molar-refractivity contribution in [3.63, 3.8) is 0 Å². The number of rotatable bonds is 11. The van der Waals surface area contributed by atoms with Gasteiger partial charge in [0.25, 0.3) is 15.9 Å². The number of hydrogen-bond donors (Lipinski definition) is 1. The molecule has 0 heterocycles. The van der Waals surface area contributed by atoms with Gasteiger partial charge in [0.2, 0.25) is 0 Å². The van der Waals surface area contributed by atoms with Gasteiger partial charge in [0.05, 0.1) is 31.0 Å². The van der Waals surface area contributed by atoms with E-state index in [4.69, 9.17) is 9.47 Å². The molecule has 11 heteroatoms. The van der Waals surface area contributed by atoms with E-state index in [0.29, 0.717) is 22.7 Å². The van der Waals surface area contributed by atoms with Gasteiger partial charge in [-0.2, -0.15) is 5.10 Å². The van der Waals surface area contributed by atoms with E-state index in [-0.39, 0.29) is 11.5 Å². The van der Waals surface area contributed by atoms with Gasteiger partial charge in [-0.15, -0.1) is 0 Å². The van der Waals surface area contributed by atoms with Gasteiger partial charge in [0.1, 0.15) is 18.0 Å². The van der Waals surface area contributed by atoms with Gasteiger partial charge >= 0.3 is 5.97 Å². The van der Waals surface area contributed by atoms with E-state index in [1.54, 1.807) is 48.5 Å². The molecule has 10 nitrogen and oxygen atoms in total. The number of methoxy groups -OCH3 is 2. The number of sulfonamides is 1. The lowest BCUT2D eigenvalue weighted by molar-refractivity contribution is -0.142. The molecule has 1 amide bonds. The van der Waals surface area contributed by atoms with Crippen molar-refractivity contribution in [1.29, 1.82) is 0 Å². The molecule has 0 unspecified atom stereocenters. The Labute approximate surface area is 215 Å². The third-order valence-corrected chi connectivity index (χ3v) is 6.89. The number of nitrogens with zero attached hydrogens (tertiary/aromatic N) is 2. The fourth-order valence-electron chi connectivity index (χ4n) is 3.13. The summed E-state index contributed by atoms with van der Waals surface area (Å²) in [6.45, 7) is 1.13. The highest BCUT2D eigenvalue weighted by Gasteiger charge is 2.27. The maximum Gasteiger partial charge on any atom is 0.343 e. The molecule has 3 aromatic carbocycles. The van der Waals surface area contributed by atoms with Crippen LogP contribution in [0.1, 0.15) is 11.1 Å². The molecule has 3 rings (SSSR count). The second-order valence-electron chi connectivity index (χ2n) is 7.75. The second-order valence-corrected chi connectivity index (χ2v) is 9.62. The maximum atomic E-state index is 13.4. The van der Waals surface area contributed by atoms with Crippen LogP contribution in [0.25, 0.3) is 0 Å². The van der Waals surface area contributed by atoms with Crippen LogP contribution in [-0.2, 0) is 24.3 Å². The summed E-state index contributed by atoms with van der Waals surface area (Å²) in [5, 5.41) is 3.92. The molecule has 194 valence electrons. The second kappa shape index (κ2) is 12.5. The van der Waals surface area contributed by atoms with Gasteiger partial charge in [0.15, 0.2) is 6.61 Å². The highest BCUT2D eigenvalue weighted by atomic mass is 32.2. The number of hydrazone groups is 1. The number of benzene rings is 3. The number of anilines is 1. The molecule has 0 bridgehead atoms. The zero-order valence-corrected chi connectivity index (χ0v) is 21.4. The van der Waals surface area contributed by atoms with E-state index in [1.165, 1.54) is 44.7 Å². The Morgan fingerprint density at radius 1 is 0.973 bits per heavy atom. The SMILES string of the molecule is COC(=O)COc1cccc(/C=N/NC(=O)CN(c2ccc(C)cc2)S(=O)(=O)c2ccc(OC)cc2)c1. The van der Waals surface area contributed by atoms with Crippen molar-refractivity contribution in [2.45, 2.75) is 11.8 Å². The smallest absolute Gasteiger partial charge is 0.343 e. The van der Waals surface area contributed by atoms with Gasteiger partial charge in [-0.25, -0.2) is 18.6 Å². The van der Waals surface area contributed by atoms with Crippen molar-refractivity contribution in [1.82, 2.24) is 5.43 Å². The summed E-state index contributed by atoms with van der Waals surface area (Å²) in [6.07, 6.45) is 1.37. The van der Waals surface area contributed by atoms with Crippen LogP contribution in [0.15, 0.2) is 82.8 Å². The largest absolute Gasteiger partial charge is 0.497 e. The Balaban J connectivity index is 1.75. The normalized spacial score (nSPS) is 11.1. The van der Waals surface area contributed by atoms with E-state index in [0.717, 1.165) is 9.87 Å². The van der Waals surface area contributed by atoms with E-state index in [9.17, 15) is 18.0 Å². The molecule has 37 heavy (non-hydrogen) atoms. The molecular weight excluding hydrogens is 498 g/mol. The molecular formula is C26H27N3O7S. The highest BCUT2D eigenvalue weighted by molar-refractivity contribution is 7.92. The first kappa shape index (κ1) is 27.2. The van der Waals surface area contributed by atoms with Crippen LogP contribution >= 0.6 is 0 Å². The minimum absolute atomic E-state index is 0.00828. The lowest BCUT2D eigenvalue weighted by Gasteiger charge is -2.24. The summed E-state index contributed by atoms with van der Waals surface area (Å²) in [4.78, 5) is 24.0. The molecule has 0 aliphatic heterocycles. The van der Waals surface area contributed by atoms with Gasteiger partial charge in [-0.3, -0.25) is 9.10 Å². The number of nitrogens with one attached hydrogen (secondary N) is 1. The fraction of sp³-hybridized carbons (Fsp3) is 0.192. The van der Waals surface area contributed by atoms with Gasteiger partial charge in [-0.05, 0) is 61.0 Å². The third kappa shape index (κ3) is 7.55. The fourth-order valence-corrected chi connectivity index (χ4v) is 4.55. The zero-order chi connectivity index (χ0) is 26.8. The lowest BCUT2D eigenvalue weighted by Crippen LogP contribution is -2.39. The standard InChI is InChI=1S/C26H27N3O7S/c1-19-7-9-21(10-8-19)29(37(32,33)24-13-11-22(34-2)12-14-24)17-25(30)28-27-16-20-5-4-6-23(15-20)36-18-26(31)35-3/h4-16H,17-18H2,1-3H3,(H,28,30)/b27-16+. The van der Waals surface area contributed by atoms with Crippen LogP contribution in [-0.4, -0.2) is 53.9 Å². The van der Waals surface area contributed by atoms with Crippen LogP contribution < -0.4 is 19.2 Å². The molecule has 0 spiro atoms. The average Bonchev–Trinajstić information content (AvgIpc) is 2.91. The summed E-state index contributed by atoms with van der Waals surface area (Å²) in [5.74, 6) is -0.245. The average molecular weight is 526 g/mol. The van der Waals surface area contributed by atoms with Crippen molar-refractivity contribution in [3.8, 4) is 11.5 Å². The molecule has 0 aliphatic carbocycles. The van der Waals surface area contributed by atoms with E-state index >= 15 is 0 Å². The third-order valence-electron chi connectivity index (χ3n) is 5.10. The van der Waals surface area contributed by atoms with E-state index in [2.05, 4.69) is 15.3 Å². The molecule has 0 saturated carbocycles. The number of ether oxygens (including phenoxy) is 3. The van der Waals surface area contributed by atoms with Crippen molar-refractivity contribution in [3.05, 3.63) is 83.9 Å². The maximum absolute atomic E-state index is 13.4. The van der Waals surface area contributed by atoms with Crippen LogP contribution in [0.2, 0.25) is 0 Å². The lowest BCUT2D eigenvalue weighted by atomic mass is 10.2. The van der Waals surface area contributed by atoms with Crippen molar-refractivity contribution >= 4 is 33.8 Å². The van der Waals surface area contributed by atoms with Crippen molar-refractivity contribution in [2.75, 3.05) is 31.7 Å². The van der Waals surface area contributed by atoms with Crippen LogP contribution in [0.3, 0.4) is 0 Å². The van der Waals surface area contributed by atoms with Gasteiger partial charge in [-0.1, -0.05) is 29.8 Å². The Bertz CT molecular complexity index is 1360. The molecule has 0 atom stereocenters. The van der Waals surface area contributed by atoms with Gasteiger partial charge < -0.3 is 14.2 Å². The minimum atomic E-state index is -4.07. The predicted molar refractivity (Wildman–Crippen MR) is 138 cm³/mol. The Morgan fingerprint density at radius 3 is 2.32 bits per heavy atom. The molecule has 0 fully saturated rings. The van der Waals surface area contributed by atoms with Crippen molar-refractivity contribution in [2.24, 2.45) is 5.10 Å². The van der Waals surface area contributed by atoms with Gasteiger partial charge in [0, 0.05) is 0 Å². The first-order chi connectivity index (χ1) is 17.7. The summed E-state index contributed by atoms with van der Waals surface area (Å²) >= 11 is 0. The van der Waals surface area contributed by atoms with Crippen LogP contribution in [0.4, 0.5) is 5.69 Å². The van der Waals surface area contributed by atoms with E-state index in [1.807, 2.05) is 6.92 Å². The van der Waals surface area contributed by atoms with Crippen LogP contribution in [0.5, 0.6) is 11.5 Å². The molecule has 0 aromatic heterocycles. The highest BCUT2D eigenvalue weighted by Crippen LogP contribution is 2.25. The minimum Gasteiger partial charge on any atom is -0.497 e. The number of aryl methyl sites for hydroxylation is 1. The molecule has 1 N–H and O–H groups in total. The number of amides is 1. The Morgan fingerprint density at radius 2 is 1.68 bits per heavy atom. The molecule has 0 radical (unpaired) electrons. The topological polar surface area (TPSA) is 124 Å². The summed E-state index contributed by atoms with van der Waals surface area (Å²) in [6, 6.07) is 19.4. The molecule has 0 saturated heterocycles. The summed E-state index contributed by atoms with van der Waals surface area (Å²) in [5.41, 5.74) is 4.21.